The van der Waals surface area contributed by atoms with Gasteiger partial charge in [-0.25, -0.2) is 0 Å². The summed E-state index contributed by atoms with van der Waals surface area (Å²) in [6, 6.07) is 12.0. The van der Waals surface area contributed by atoms with Crippen LogP contribution >= 0.6 is 22.6 Å². The van der Waals surface area contributed by atoms with Gasteiger partial charge in [0.05, 0.1) is 0 Å². The number of rotatable bonds is 4. The van der Waals surface area contributed by atoms with E-state index in [0.717, 1.165) is 26.2 Å². The molecule has 0 fully saturated rings. The Morgan fingerprint density at radius 3 is 2.59 bits per heavy atom. The minimum Gasteiger partial charge on any atom is -0.299 e. The standard InChI is InChI=1S/C24H31IN2/c1-4-9-27-10-8-21-19(15-27)12-20(25)13-23(21)24-16-26(5-2)14-18-7-6-17(3)11-22(18)24/h6-7,11-13,24H,4-5,8-10,14-16H2,1-3H3. The average Bonchev–Trinajstić information content (AvgIpc) is 2.66. The predicted molar refractivity (Wildman–Crippen MR) is 122 cm³/mol. The Hall–Kier alpha value is -0.910. The van der Waals surface area contributed by atoms with Crippen molar-refractivity contribution in [3.63, 3.8) is 0 Å². The van der Waals surface area contributed by atoms with Crippen LogP contribution < -0.4 is 0 Å². The van der Waals surface area contributed by atoms with Crippen molar-refractivity contribution in [3.8, 4) is 0 Å². The van der Waals surface area contributed by atoms with Gasteiger partial charge in [-0.1, -0.05) is 37.6 Å². The first-order chi connectivity index (χ1) is 13.1. The van der Waals surface area contributed by atoms with E-state index in [4.69, 9.17) is 0 Å². The number of halogens is 1. The third-order valence-corrected chi connectivity index (χ3v) is 6.91. The summed E-state index contributed by atoms with van der Waals surface area (Å²) >= 11 is 2.52. The first kappa shape index (κ1) is 19.4. The quantitative estimate of drug-likeness (QED) is 0.553. The van der Waals surface area contributed by atoms with Gasteiger partial charge in [0.2, 0.25) is 0 Å². The summed E-state index contributed by atoms with van der Waals surface area (Å²) in [5.74, 6) is 0.509. The summed E-state index contributed by atoms with van der Waals surface area (Å²) < 4.78 is 1.39. The Bertz CT molecular complexity index is 829. The van der Waals surface area contributed by atoms with Crippen LogP contribution in [0.3, 0.4) is 0 Å². The molecule has 0 amide bonds. The Kier molecular flexibility index (Phi) is 5.91. The monoisotopic (exact) mass is 474 g/mol. The largest absolute Gasteiger partial charge is 0.299 e. The minimum atomic E-state index is 0.509. The van der Waals surface area contributed by atoms with Gasteiger partial charge in [0.1, 0.15) is 0 Å². The van der Waals surface area contributed by atoms with Crippen LogP contribution in [-0.2, 0) is 19.5 Å². The molecule has 2 aliphatic heterocycles. The molecule has 1 unspecified atom stereocenters. The van der Waals surface area contributed by atoms with Gasteiger partial charge < -0.3 is 0 Å². The summed E-state index contributed by atoms with van der Waals surface area (Å²) in [4.78, 5) is 5.24. The maximum absolute atomic E-state index is 2.62. The lowest BCUT2D eigenvalue weighted by molar-refractivity contribution is 0.246. The summed E-state index contributed by atoms with van der Waals surface area (Å²) in [5.41, 5.74) is 9.28. The van der Waals surface area contributed by atoms with Crippen LogP contribution in [0.5, 0.6) is 0 Å². The number of fused-ring (bicyclic) bond motifs is 2. The van der Waals surface area contributed by atoms with Crippen molar-refractivity contribution >= 4 is 22.6 Å². The number of hydrogen-bond acceptors (Lipinski definition) is 2. The van der Waals surface area contributed by atoms with E-state index in [9.17, 15) is 0 Å². The fourth-order valence-electron chi connectivity index (χ4n) is 4.92. The van der Waals surface area contributed by atoms with Gasteiger partial charge in [-0.3, -0.25) is 9.80 Å². The highest BCUT2D eigenvalue weighted by Crippen LogP contribution is 2.38. The third kappa shape index (κ3) is 3.96. The Morgan fingerprint density at radius 1 is 1.00 bits per heavy atom. The van der Waals surface area contributed by atoms with Gasteiger partial charge in [-0.05, 0) is 95.4 Å². The van der Waals surface area contributed by atoms with E-state index in [1.54, 1.807) is 22.3 Å². The highest BCUT2D eigenvalue weighted by Gasteiger charge is 2.30. The molecule has 0 saturated carbocycles. The second-order valence-corrected chi connectivity index (χ2v) is 9.49. The molecular weight excluding hydrogens is 443 g/mol. The fourth-order valence-corrected chi connectivity index (χ4v) is 5.63. The van der Waals surface area contributed by atoms with Gasteiger partial charge >= 0.3 is 0 Å². The normalized spacial score (nSPS) is 20.4. The molecule has 27 heavy (non-hydrogen) atoms. The van der Waals surface area contributed by atoms with Crippen molar-refractivity contribution in [2.45, 2.75) is 52.6 Å². The molecule has 1 atom stereocenters. The van der Waals surface area contributed by atoms with Gasteiger partial charge in [0, 0.05) is 35.7 Å². The van der Waals surface area contributed by atoms with Crippen LogP contribution in [-0.4, -0.2) is 36.0 Å². The zero-order valence-corrected chi connectivity index (χ0v) is 19.1. The van der Waals surface area contributed by atoms with Gasteiger partial charge in [-0.2, -0.15) is 0 Å². The van der Waals surface area contributed by atoms with Crippen molar-refractivity contribution in [2.75, 3.05) is 26.2 Å². The molecule has 0 saturated heterocycles. The maximum Gasteiger partial charge on any atom is 0.0237 e. The lowest BCUT2D eigenvalue weighted by atomic mass is 9.79. The zero-order valence-electron chi connectivity index (χ0n) is 16.9. The predicted octanol–water partition coefficient (Wildman–Crippen LogP) is 5.34. The lowest BCUT2D eigenvalue weighted by Gasteiger charge is -2.37. The SMILES string of the molecule is CCCN1CCc2c(cc(I)cc2C2CN(CC)Cc3ccc(C)cc32)C1. The van der Waals surface area contributed by atoms with E-state index in [1.165, 1.54) is 40.6 Å². The topological polar surface area (TPSA) is 6.48 Å². The molecule has 2 nitrogen and oxygen atoms in total. The molecule has 0 spiro atoms. The highest BCUT2D eigenvalue weighted by atomic mass is 127. The Balaban J connectivity index is 1.79. The van der Waals surface area contributed by atoms with Crippen molar-refractivity contribution in [1.82, 2.24) is 9.80 Å². The molecule has 4 rings (SSSR count). The lowest BCUT2D eigenvalue weighted by Crippen LogP contribution is -2.36. The molecule has 0 N–H and O–H groups in total. The zero-order chi connectivity index (χ0) is 19.0. The van der Waals surface area contributed by atoms with Crippen molar-refractivity contribution in [1.29, 1.82) is 0 Å². The summed E-state index contributed by atoms with van der Waals surface area (Å²) in [6.45, 7) is 13.7. The highest BCUT2D eigenvalue weighted by molar-refractivity contribution is 14.1. The number of hydrogen-bond donors (Lipinski definition) is 0. The second kappa shape index (κ2) is 8.22. The van der Waals surface area contributed by atoms with E-state index < -0.39 is 0 Å². The molecule has 0 bridgehead atoms. The average molecular weight is 474 g/mol. The number of benzene rings is 2. The maximum atomic E-state index is 2.62. The van der Waals surface area contributed by atoms with Gasteiger partial charge in [0.25, 0.3) is 0 Å². The first-order valence-electron chi connectivity index (χ1n) is 10.4. The van der Waals surface area contributed by atoms with E-state index in [1.807, 2.05) is 0 Å². The first-order valence-corrected chi connectivity index (χ1v) is 11.5. The smallest absolute Gasteiger partial charge is 0.0237 e. The molecule has 0 aromatic heterocycles. The van der Waals surface area contributed by atoms with Crippen molar-refractivity contribution < 1.29 is 0 Å². The number of aryl methyl sites for hydroxylation is 1. The van der Waals surface area contributed by atoms with Crippen LogP contribution in [0.2, 0.25) is 0 Å². The van der Waals surface area contributed by atoms with E-state index in [-0.39, 0.29) is 0 Å². The van der Waals surface area contributed by atoms with E-state index in [0.29, 0.717) is 5.92 Å². The van der Waals surface area contributed by atoms with Crippen LogP contribution in [0, 0.1) is 10.5 Å². The Labute approximate surface area is 178 Å². The minimum absolute atomic E-state index is 0.509. The summed E-state index contributed by atoms with van der Waals surface area (Å²) in [7, 11) is 0. The number of nitrogens with zero attached hydrogens (tertiary/aromatic N) is 2. The molecular formula is C24H31IN2. The van der Waals surface area contributed by atoms with Crippen LogP contribution in [0.15, 0.2) is 30.3 Å². The Morgan fingerprint density at radius 2 is 1.81 bits per heavy atom. The van der Waals surface area contributed by atoms with Gasteiger partial charge in [-0.15, -0.1) is 0 Å². The van der Waals surface area contributed by atoms with Crippen molar-refractivity contribution in [3.05, 3.63) is 67.3 Å². The third-order valence-electron chi connectivity index (χ3n) is 6.29. The molecule has 0 radical (unpaired) electrons. The van der Waals surface area contributed by atoms with E-state index in [2.05, 4.69) is 83.5 Å². The fraction of sp³-hybridized carbons (Fsp3) is 0.500. The molecule has 2 aromatic carbocycles. The summed E-state index contributed by atoms with van der Waals surface area (Å²) in [6.07, 6.45) is 2.44. The molecule has 2 aliphatic rings. The van der Waals surface area contributed by atoms with E-state index >= 15 is 0 Å². The second-order valence-electron chi connectivity index (χ2n) is 8.24. The van der Waals surface area contributed by atoms with Crippen LogP contribution in [0.1, 0.15) is 59.6 Å². The van der Waals surface area contributed by atoms with Gasteiger partial charge in [0.15, 0.2) is 0 Å². The molecule has 2 heterocycles. The number of likely N-dealkylation sites (N-methyl/N-ethyl adjacent to an activating group) is 1. The molecule has 144 valence electrons. The summed E-state index contributed by atoms with van der Waals surface area (Å²) in [5, 5.41) is 0. The molecule has 0 aliphatic carbocycles. The molecule has 3 heteroatoms. The van der Waals surface area contributed by atoms with Crippen molar-refractivity contribution in [2.24, 2.45) is 0 Å². The van der Waals surface area contributed by atoms with Crippen LogP contribution in [0.25, 0.3) is 0 Å². The molecule has 2 aromatic rings. The van der Waals surface area contributed by atoms with Crippen LogP contribution in [0.4, 0.5) is 0 Å².